The van der Waals surface area contributed by atoms with Crippen molar-refractivity contribution in [3.63, 3.8) is 0 Å². The molecule has 0 radical (unpaired) electrons. The van der Waals surface area contributed by atoms with E-state index in [4.69, 9.17) is 0 Å². The van der Waals surface area contributed by atoms with E-state index in [2.05, 4.69) is 9.68 Å². The number of likely N-dealkylation sites (tertiary alicyclic amines) is 1. The van der Waals surface area contributed by atoms with Gasteiger partial charge in [0.1, 0.15) is 11.4 Å². The molecule has 1 aliphatic rings. The predicted molar refractivity (Wildman–Crippen MR) is 75.0 cm³/mol. The molecule has 23 heavy (non-hydrogen) atoms. The van der Waals surface area contributed by atoms with Gasteiger partial charge in [-0.3, -0.25) is 4.79 Å². The highest BCUT2D eigenvalue weighted by Gasteiger charge is 2.42. The van der Waals surface area contributed by atoms with E-state index in [1.54, 1.807) is 0 Å². The molecule has 0 spiro atoms. The summed E-state index contributed by atoms with van der Waals surface area (Å²) in [4.78, 5) is 14.2. The third-order valence-electron chi connectivity index (χ3n) is 3.56. The maximum Gasteiger partial charge on any atom is 0.452 e. The average molecular weight is 348 g/mol. The number of thiophene rings is 1. The van der Waals surface area contributed by atoms with E-state index in [9.17, 15) is 22.4 Å². The number of alkyl halides is 4. The molecule has 0 aromatic carbocycles. The SMILES string of the molecule is Cc1c(-c2ccc(C(=O)N3CC(C)(F)C3)s2)noc1C(F)(F)F. The maximum absolute atomic E-state index is 13.4. The van der Waals surface area contributed by atoms with Crippen molar-refractivity contribution in [1.82, 2.24) is 10.1 Å². The van der Waals surface area contributed by atoms with Crippen molar-refractivity contribution in [2.45, 2.75) is 25.7 Å². The van der Waals surface area contributed by atoms with Crippen LogP contribution in [0.25, 0.3) is 10.6 Å². The van der Waals surface area contributed by atoms with Crippen molar-refractivity contribution in [1.29, 1.82) is 0 Å². The molecule has 0 aliphatic carbocycles. The highest BCUT2D eigenvalue weighted by atomic mass is 32.1. The lowest BCUT2D eigenvalue weighted by molar-refractivity contribution is -0.156. The number of nitrogens with zero attached hydrogens (tertiary/aromatic N) is 2. The molecule has 0 bridgehead atoms. The molecule has 0 atom stereocenters. The zero-order valence-corrected chi connectivity index (χ0v) is 13.0. The lowest BCUT2D eigenvalue weighted by atomic mass is 9.99. The number of halogens is 4. The largest absolute Gasteiger partial charge is 0.452 e. The Hall–Kier alpha value is -1.90. The summed E-state index contributed by atoms with van der Waals surface area (Å²) in [6.45, 7) is 2.70. The molecule has 2 aromatic heterocycles. The molecule has 1 aliphatic heterocycles. The predicted octanol–water partition coefficient (Wildman–Crippen LogP) is 3.91. The Morgan fingerprint density at radius 3 is 2.57 bits per heavy atom. The first kappa shape index (κ1) is 16.0. The third kappa shape index (κ3) is 2.85. The van der Waals surface area contributed by atoms with Gasteiger partial charge in [-0.15, -0.1) is 11.3 Å². The zero-order chi connectivity index (χ0) is 17.0. The molecule has 0 unspecified atom stereocenters. The monoisotopic (exact) mass is 348 g/mol. The van der Waals surface area contributed by atoms with Crippen LogP contribution >= 0.6 is 11.3 Å². The Bertz CT molecular complexity index is 755. The fraction of sp³-hybridized carbons (Fsp3) is 0.429. The smallest absolute Gasteiger partial charge is 0.351 e. The number of aromatic nitrogens is 1. The lowest BCUT2D eigenvalue weighted by Crippen LogP contribution is -2.59. The van der Waals surface area contributed by atoms with E-state index in [1.807, 2.05) is 0 Å². The molecule has 1 amide bonds. The Morgan fingerprint density at radius 2 is 2.04 bits per heavy atom. The van der Waals surface area contributed by atoms with Gasteiger partial charge >= 0.3 is 6.18 Å². The van der Waals surface area contributed by atoms with Crippen molar-refractivity contribution in [2.75, 3.05) is 13.1 Å². The summed E-state index contributed by atoms with van der Waals surface area (Å²) in [7, 11) is 0. The number of carbonyl (C=O) groups excluding carboxylic acids is 1. The molecule has 2 aromatic rings. The van der Waals surface area contributed by atoms with Crippen LogP contribution in [0, 0.1) is 6.92 Å². The molecule has 9 heteroatoms. The molecular formula is C14H12F4N2O2S. The van der Waals surface area contributed by atoms with Gasteiger partial charge in [-0.25, -0.2) is 4.39 Å². The number of rotatable bonds is 2. The Labute approximate surface area is 132 Å². The van der Waals surface area contributed by atoms with Gasteiger partial charge in [-0.1, -0.05) is 5.16 Å². The standard InChI is InChI=1S/C14H12F4N2O2S/c1-7-10(19-22-11(7)14(16,17)18)8-3-4-9(23-8)12(21)20-5-13(2,15)6-20/h3-4H,5-6H2,1-2H3. The minimum Gasteiger partial charge on any atom is -0.351 e. The number of amides is 1. The normalized spacial score (nSPS) is 17.2. The number of hydrogen-bond acceptors (Lipinski definition) is 4. The summed E-state index contributed by atoms with van der Waals surface area (Å²) in [5, 5.41) is 3.46. The van der Waals surface area contributed by atoms with Crippen molar-refractivity contribution in [3.05, 3.63) is 28.3 Å². The quantitative estimate of drug-likeness (QED) is 0.773. The molecular weight excluding hydrogens is 336 g/mol. The zero-order valence-electron chi connectivity index (χ0n) is 12.2. The summed E-state index contributed by atoms with van der Waals surface area (Å²) in [5.74, 6) is -1.49. The van der Waals surface area contributed by atoms with E-state index in [0.717, 1.165) is 11.3 Å². The Kier molecular flexibility index (Phi) is 3.51. The van der Waals surface area contributed by atoms with Crippen molar-refractivity contribution >= 4 is 17.2 Å². The first-order valence-electron chi connectivity index (χ1n) is 6.70. The van der Waals surface area contributed by atoms with Gasteiger partial charge in [0.2, 0.25) is 5.76 Å². The van der Waals surface area contributed by atoms with Crippen LogP contribution in [0.15, 0.2) is 16.7 Å². The van der Waals surface area contributed by atoms with E-state index < -0.39 is 17.6 Å². The molecule has 4 nitrogen and oxygen atoms in total. The van der Waals surface area contributed by atoms with Crippen LogP contribution in [0.4, 0.5) is 17.6 Å². The van der Waals surface area contributed by atoms with Crippen LogP contribution in [0.2, 0.25) is 0 Å². The van der Waals surface area contributed by atoms with E-state index in [1.165, 1.54) is 30.9 Å². The lowest BCUT2D eigenvalue weighted by Gasteiger charge is -2.41. The van der Waals surface area contributed by atoms with Crippen molar-refractivity contribution in [3.8, 4) is 10.6 Å². The first-order valence-corrected chi connectivity index (χ1v) is 7.52. The van der Waals surface area contributed by atoms with Gasteiger partial charge in [0.25, 0.3) is 5.91 Å². The third-order valence-corrected chi connectivity index (χ3v) is 4.64. The molecule has 0 saturated carbocycles. The fourth-order valence-corrected chi connectivity index (χ4v) is 3.47. The molecule has 124 valence electrons. The molecule has 0 N–H and O–H groups in total. The van der Waals surface area contributed by atoms with Crippen LogP contribution in [0.5, 0.6) is 0 Å². The van der Waals surface area contributed by atoms with Crippen LogP contribution in [0.3, 0.4) is 0 Å². The number of hydrogen-bond donors (Lipinski definition) is 0. The molecule has 1 fully saturated rings. The summed E-state index contributed by atoms with van der Waals surface area (Å²) in [6.07, 6.45) is -4.62. The highest BCUT2D eigenvalue weighted by molar-refractivity contribution is 7.17. The van der Waals surface area contributed by atoms with Crippen LogP contribution < -0.4 is 0 Å². The van der Waals surface area contributed by atoms with Crippen molar-refractivity contribution in [2.24, 2.45) is 0 Å². The minimum atomic E-state index is -4.62. The van der Waals surface area contributed by atoms with Crippen molar-refractivity contribution < 1.29 is 26.9 Å². The summed E-state index contributed by atoms with van der Waals surface area (Å²) in [5.41, 5.74) is -1.45. The summed E-state index contributed by atoms with van der Waals surface area (Å²) in [6, 6.07) is 3.01. The second-order valence-corrected chi connectivity index (χ2v) is 6.81. The molecule has 3 rings (SSSR count). The highest BCUT2D eigenvalue weighted by Crippen LogP contribution is 2.38. The van der Waals surface area contributed by atoms with E-state index >= 15 is 0 Å². The molecule has 3 heterocycles. The van der Waals surface area contributed by atoms with Gasteiger partial charge in [-0.05, 0) is 26.0 Å². The second kappa shape index (κ2) is 5.05. The average Bonchev–Trinajstić information content (AvgIpc) is 3.00. The first-order chi connectivity index (χ1) is 10.6. The van der Waals surface area contributed by atoms with Crippen LogP contribution in [0.1, 0.15) is 27.9 Å². The topological polar surface area (TPSA) is 46.3 Å². The van der Waals surface area contributed by atoms with Gasteiger partial charge < -0.3 is 9.42 Å². The van der Waals surface area contributed by atoms with Gasteiger partial charge in [0, 0.05) is 5.56 Å². The van der Waals surface area contributed by atoms with Gasteiger partial charge in [0.05, 0.1) is 22.8 Å². The molecule has 1 saturated heterocycles. The Morgan fingerprint density at radius 1 is 1.39 bits per heavy atom. The summed E-state index contributed by atoms with van der Waals surface area (Å²) < 4.78 is 56.0. The minimum absolute atomic E-state index is 0.0142. The summed E-state index contributed by atoms with van der Waals surface area (Å²) >= 11 is 1.01. The second-order valence-electron chi connectivity index (χ2n) is 5.72. The van der Waals surface area contributed by atoms with Gasteiger partial charge in [-0.2, -0.15) is 13.2 Å². The van der Waals surface area contributed by atoms with E-state index in [-0.39, 0.29) is 30.3 Å². The van der Waals surface area contributed by atoms with Crippen LogP contribution in [-0.4, -0.2) is 34.7 Å². The van der Waals surface area contributed by atoms with Gasteiger partial charge in [0.15, 0.2) is 0 Å². The Balaban J connectivity index is 1.83. The maximum atomic E-state index is 13.4. The fourth-order valence-electron chi connectivity index (χ4n) is 2.46. The van der Waals surface area contributed by atoms with Crippen LogP contribution in [-0.2, 0) is 6.18 Å². The number of carbonyl (C=O) groups is 1. The van der Waals surface area contributed by atoms with E-state index in [0.29, 0.717) is 9.75 Å².